The average molecular weight is 260 g/mol. The van der Waals surface area contributed by atoms with Crippen LogP contribution in [0.5, 0.6) is 0 Å². The van der Waals surface area contributed by atoms with Crippen LogP contribution in [-0.2, 0) is 4.79 Å². The van der Waals surface area contributed by atoms with E-state index < -0.39 is 0 Å². The fourth-order valence-electron chi connectivity index (χ4n) is 0.807. The van der Waals surface area contributed by atoms with E-state index in [1.165, 1.54) is 5.69 Å². The summed E-state index contributed by atoms with van der Waals surface area (Å²) in [7, 11) is 4.07. The molecule has 0 atom stereocenters. The van der Waals surface area contributed by atoms with Crippen molar-refractivity contribution in [1.29, 1.82) is 0 Å². The number of allylic oxidation sites excluding steroid dienone is 2. The van der Waals surface area contributed by atoms with E-state index in [2.05, 4.69) is 17.0 Å². The van der Waals surface area contributed by atoms with Crippen LogP contribution in [0.15, 0.2) is 40.4 Å². The van der Waals surface area contributed by atoms with Gasteiger partial charge in [-0.15, -0.1) is 0 Å². The summed E-state index contributed by atoms with van der Waals surface area (Å²) in [6.45, 7) is 1.55. The number of aldehydes is 1. The highest BCUT2D eigenvalue weighted by molar-refractivity contribution is 6.45. The van der Waals surface area contributed by atoms with Gasteiger partial charge in [0.2, 0.25) is 0 Å². The van der Waals surface area contributed by atoms with E-state index in [1.807, 2.05) is 32.3 Å². The van der Waals surface area contributed by atoms with Crippen LogP contribution in [0.25, 0.3) is 0 Å². The van der Waals surface area contributed by atoms with Crippen molar-refractivity contribution < 1.29 is 4.79 Å². The first-order valence-corrected chi connectivity index (χ1v) is 5.44. The summed E-state index contributed by atoms with van der Waals surface area (Å²) < 4.78 is 0. The van der Waals surface area contributed by atoms with Gasteiger partial charge >= 0.3 is 0 Å². The smallest absolute Gasteiger partial charge is 0.162 e. The van der Waals surface area contributed by atoms with Gasteiger partial charge in [0.15, 0.2) is 6.29 Å². The van der Waals surface area contributed by atoms with Crippen molar-refractivity contribution in [3.63, 3.8) is 0 Å². The minimum Gasteiger partial charge on any atom is -0.378 e. The van der Waals surface area contributed by atoms with Gasteiger partial charge in [-0.05, 0) is 19.1 Å². The lowest BCUT2D eigenvalue weighted by Crippen LogP contribution is -2.07. The molecule has 88 valence electrons. The molecule has 2 nitrogen and oxygen atoms in total. The van der Waals surface area contributed by atoms with Gasteiger partial charge in [0, 0.05) is 24.8 Å². The van der Waals surface area contributed by atoms with Crippen LogP contribution in [0.4, 0.5) is 5.69 Å². The van der Waals surface area contributed by atoms with E-state index in [0.717, 1.165) is 0 Å². The number of benzene rings is 1. The van der Waals surface area contributed by atoms with Crippen molar-refractivity contribution in [2.75, 3.05) is 19.0 Å². The molecule has 0 fully saturated rings. The lowest BCUT2D eigenvalue weighted by atomic mass is 10.3. The van der Waals surface area contributed by atoms with Crippen LogP contribution in [0.2, 0.25) is 0 Å². The first-order chi connectivity index (χ1) is 7.49. The summed E-state index contributed by atoms with van der Waals surface area (Å²) in [4.78, 5) is 11.8. The van der Waals surface area contributed by atoms with Crippen molar-refractivity contribution in [3.8, 4) is 0 Å². The maximum atomic E-state index is 9.67. The molecule has 0 radical (unpaired) electrons. The molecule has 0 bridgehead atoms. The van der Waals surface area contributed by atoms with E-state index in [-0.39, 0.29) is 5.03 Å². The number of hydrogen-bond donors (Lipinski definition) is 0. The standard InChI is InChI=1S/C8H11N.C4H4Cl2O/c1-9(2)8-6-4-3-5-7-8;1-3(5)4(6)2-7/h3-7H,1-2H3;2H,1H3/b;4-3-. The largest absolute Gasteiger partial charge is 0.378 e. The Morgan fingerprint density at radius 1 is 1.19 bits per heavy atom. The van der Waals surface area contributed by atoms with Crippen molar-refractivity contribution >= 4 is 35.2 Å². The first kappa shape index (κ1) is 15.0. The van der Waals surface area contributed by atoms with Crippen molar-refractivity contribution in [1.82, 2.24) is 0 Å². The van der Waals surface area contributed by atoms with Crippen molar-refractivity contribution in [2.24, 2.45) is 0 Å². The maximum Gasteiger partial charge on any atom is 0.162 e. The summed E-state index contributed by atoms with van der Waals surface area (Å²) in [5.74, 6) is 0. The molecule has 0 aliphatic rings. The second kappa shape index (κ2) is 8.20. The second-order valence-electron chi connectivity index (χ2n) is 3.23. The van der Waals surface area contributed by atoms with E-state index in [1.54, 1.807) is 6.92 Å². The molecule has 0 amide bonds. The molecule has 0 spiro atoms. The molecule has 1 aromatic carbocycles. The quantitative estimate of drug-likeness (QED) is 0.597. The highest BCUT2D eigenvalue weighted by Gasteiger charge is 1.89. The van der Waals surface area contributed by atoms with Crippen LogP contribution >= 0.6 is 23.2 Å². The van der Waals surface area contributed by atoms with Crippen LogP contribution in [0, 0.1) is 0 Å². The molecule has 0 aliphatic carbocycles. The number of para-hydroxylation sites is 1. The van der Waals surface area contributed by atoms with Crippen LogP contribution in [-0.4, -0.2) is 20.4 Å². The number of nitrogens with zero attached hydrogens (tertiary/aromatic N) is 1. The Balaban J connectivity index is 0.000000293. The summed E-state index contributed by atoms with van der Waals surface area (Å²) in [5, 5.41) is 0.401. The predicted octanol–water partition coefficient (Wildman–Crippen LogP) is 3.65. The van der Waals surface area contributed by atoms with E-state index in [9.17, 15) is 4.79 Å². The Labute approximate surface area is 106 Å². The number of halogens is 2. The molecule has 0 aliphatic heterocycles. The summed E-state index contributed by atoms with van der Waals surface area (Å²) >= 11 is 10.4. The lowest BCUT2D eigenvalue weighted by molar-refractivity contribution is -0.104. The van der Waals surface area contributed by atoms with Gasteiger partial charge in [-0.3, -0.25) is 4.79 Å². The summed E-state index contributed by atoms with van der Waals surface area (Å²) in [6, 6.07) is 10.3. The van der Waals surface area contributed by atoms with Gasteiger partial charge in [0.25, 0.3) is 0 Å². The Morgan fingerprint density at radius 3 is 1.88 bits per heavy atom. The molecule has 0 unspecified atom stereocenters. The predicted molar refractivity (Wildman–Crippen MR) is 71.2 cm³/mol. The molecule has 1 aromatic rings. The monoisotopic (exact) mass is 259 g/mol. The van der Waals surface area contributed by atoms with Gasteiger partial charge in [-0.25, -0.2) is 0 Å². The lowest BCUT2D eigenvalue weighted by Gasteiger charge is -2.10. The molecule has 0 N–H and O–H groups in total. The molecule has 0 heterocycles. The molecular formula is C12H15Cl2NO. The van der Waals surface area contributed by atoms with Gasteiger partial charge < -0.3 is 4.90 Å². The zero-order valence-corrected chi connectivity index (χ0v) is 11.1. The summed E-state index contributed by atoms with van der Waals surface area (Å²) in [6.07, 6.45) is 0.504. The number of rotatable bonds is 2. The van der Waals surface area contributed by atoms with E-state index in [0.29, 0.717) is 11.3 Å². The topological polar surface area (TPSA) is 20.3 Å². The third-order valence-corrected chi connectivity index (χ3v) is 2.38. The zero-order chi connectivity index (χ0) is 12.6. The molecule has 0 aromatic heterocycles. The average Bonchev–Trinajstić information content (AvgIpc) is 2.29. The third kappa shape index (κ3) is 6.49. The highest BCUT2D eigenvalue weighted by atomic mass is 35.5. The molecule has 4 heteroatoms. The summed E-state index contributed by atoms with van der Waals surface area (Å²) in [5.41, 5.74) is 1.25. The second-order valence-corrected chi connectivity index (χ2v) is 4.20. The Hall–Kier alpha value is -0.990. The third-order valence-electron chi connectivity index (χ3n) is 1.71. The number of carbonyl (C=O) groups is 1. The Bertz CT molecular complexity index is 343. The molecule has 0 saturated heterocycles. The van der Waals surface area contributed by atoms with Gasteiger partial charge in [-0.1, -0.05) is 41.4 Å². The molecule has 0 saturated carbocycles. The highest BCUT2D eigenvalue weighted by Crippen LogP contribution is 2.08. The Kier molecular flexibility index (Phi) is 7.69. The molecule has 16 heavy (non-hydrogen) atoms. The van der Waals surface area contributed by atoms with E-state index in [4.69, 9.17) is 23.2 Å². The number of carbonyl (C=O) groups excluding carboxylic acids is 1. The molecular weight excluding hydrogens is 245 g/mol. The van der Waals surface area contributed by atoms with Gasteiger partial charge in [0.1, 0.15) is 0 Å². The van der Waals surface area contributed by atoms with Crippen molar-refractivity contribution in [2.45, 2.75) is 6.92 Å². The Morgan fingerprint density at radius 2 is 1.69 bits per heavy atom. The normalized spacial score (nSPS) is 10.8. The van der Waals surface area contributed by atoms with Gasteiger partial charge in [-0.2, -0.15) is 0 Å². The maximum absolute atomic E-state index is 9.67. The van der Waals surface area contributed by atoms with Crippen molar-refractivity contribution in [3.05, 3.63) is 40.4 Å². The number of anilines is 1. The fraction of sp³-hybridized carbons (Fsp3) is 0.250. The van der Waals surface area contributed by atoms with E-state index >= 15 is 0 Å². The minimum atomic E-state index is 0.0710. The zero-order valence-electron chi connectivity index (χ0n) is 9.58. The van der Waals surface area contributed by atoms with Crippen LogP contribution in [0.1, 0.15) is 6.92 Å². The number of hydrogen-bond acceptors (Lipinski definition) is 2. The minimum absolute atomic E-state index is 0.0710. The fourth-order valence-corrected chi connectivity index (χ4v) is 0.852. The SMILES string of the molecule is C/C(Cl)=C(/Cl)C=O.CN(C)c1ccccc1. The van der Waals surface area contributed by atoms with Gasteiger partial charge in [0.05, 0.1) is 5.03 Å². The van der Waals surface area contributed by atoms with Crippen LogP contribution in [0.3, 0.4) is 0 Å². The first-order valence-electron chi connectivity index (χ1n) is 4.68. The molecule has 1 rings (SSSR count). The van der Waals surface area contributed by atoms with Crippen LogP contribution < -0.4 is 4.90 Å².